The maximum Gasteiger partial charge on any atom is 0.264 e. The predicted octanol–water partition coefficient (Wildman–Crippen LogP) is 2.97. The van der Waals surface area contributed by atoms with Crippen molar-refractivity contribution >= 4 is 12.0 Å². The molecule has 0 spiro atoms. The molecule has 0 bridgehead atoms. The maximum atomic E-state index is 12.4. The summed E-state index contributed by atoms with van der Waals surface area (Å²) in [5.41, 5.74) is 2.52. The predicted molar refractivity (Wildman–Crippen MR) is 91.0 cm³/mol. The average molecular weight is 322 g/mol. The van der Waals surface area contributed by atoms with Gasteiger partial charge in [-0.15, -0.1) is 0 Å². The fourth-order valence-electron chi connectivity index (χ4n) is 2.18. The fourth-order valence-corrected chi connectivity index (χ4v) is 2.18. The van der Waals surface area contributed by atoms with E-state index in [0.29, 0.717) is 12.1 Å². The summed E-state index contributed by atoms with van der Waals surface area (Å²) < 4.78 is 0. The van der Waals surface area contributed by atoms with Gasteiger partial charge in [0.15, 0.2) is 11.5 Å². The van der Waals surface area contributed by atoms with Gasteiger partial charge >= 0.3 is 0 Å². The zero-order valence-electron chi connectivity index (χ0n) is 13.5. The Morgan fingerprint density at radius 2 is 1.83 bits per heavy atom. The van der Waals surface area contributed by atoms with Crippen LogP contribution in [0.5, 0.6) is 11.5 Å². The summed E-state index contributed by atoms with van der Waals surface area (Å²) in [5, 5.41) is 28.1. The molecule has 2 N–H and O–H groups in total. The minimum Gasteiger partial charge on any atom is -0.504 e. The van der Waals surface area contributed by atoms with Crippen LogP contribution in [0.25, 0.3) is 6.08 Å². The first-order chi connectivity index (χ1) is 11.4. The van der Waals surface area contributed by atoms with Crippen LogP contribution >= 0.6 is 0 Å². The SMILES string of the molecule is Cc1ccc(CN(C)C(=O)/C(C#N)=C/c2ccc(O)c(O)c2)cc1. The molecule has 2 aromatic rings. The molecule has 1 amide bonds. The number of carbonyl (C=O) groups is 1. The monoisotopic (exact) mass is 322 g/mol. The van der Waals surface area contributed by atoms with Crippen LogP contribution in [0.15, 0.2) is 48.0 Å². The molecule has 0 aliphatic carbocycles. The first-order valence-electron chi connectivity index (χ1n) is 7.35. The standard InChI is InChI=1S/C19H18N2O3/c1-13-3-5-14(6-4-13)12-21(2)19(24)16(11-20)9-15-7-8-17(22)18(23)10-15/h3-10,22-23H,12H2,1-2H3/b16-9+. The van der Waals surface area contributed by atoms with Crippen molar-refractivity contribution in [3.63, 3.8) is 0 Å². The number of nitrogens with zero attached hydrogens (tertiary/aromatic N) is 2. The lowest BCUT2D eigenvalue weighted by atomic mass is 10.1. The van der Waals surface area contributed by atoms with E-state index in [9.17, 15) is 20.3 Å². The van der Waals surface area contributed by atoms with Crippen LogP contribution in [0.1, 0.15) is 16.7 Å². The Balaban J connectivity index is 2.18. The number of amides is 1. The number of hydrogen-bond donors (Lipinski definition) is 2. The molecular weight excluding hydrogens is 304 g/mol. The summed E-state index contributed by atoms with van der Waals surface area (Å²) in [4.78, 5) is 13.9. The maximum absolute atomic E-state index is 12.4. The van der Waals surface area contributed by atoms with Gasteiger partial charge in [0.05, 0.1) is 0 Å². The molecule has 0 heterocycles. The molecule has 0 saturated carbocycles. The van der Waals surface area contributed by atoms with E-state index in [1.54, 1.807) is 7.05 Å². The summed E-state index contributed by atoms with van der Waals surface area (Å²) in [7, 11) is 1.63. The highest BCUT2D eigenvalue weighted by atomic mass is 16.3. The van der Waals surface area contributed by atoms with Crippen LogP contribution in [0.4, 0.5) is 0 Å². The van der Waals surface area contributed by atoms with Crippen molar-refractivity contribution in [2.24, 2.45) is 0 Å². The van der Waals surface area contributed by atoms with Crippen molar-refractivity contribution in [2.45, 2.75) is 13.5 Å². The lowest BCUT2D eigenvalue weighted by Gasteiger charge is -2.17. The summed E-state index contributed by atoms with van der Waals surface area (Å²) in [6, 6.07) is 13.8. The number of hydrogen-bond acceptors (Lipinski definition) is 4. The summed E-state index contributed by atoms with van der Waals surface area (Å²) in [6.07, 6.45) is 1.38. The second-order valence-corrected chi connectivity index (χ2v) is 5.56. The molecule has 0 atom stereocenters. The Labute approximate surface area is 140 Å². The first kappa shape index (κ1) is 17.1. The Bertz CT molecular complexity index is 817. The number of benzene rings is 2. The number of aromatic hydroxyl groups is 2. The molecule has 0 saturated heterocycles. The third kappa shape index (κ3) is 4.14. The Hall–Kier alpha value is -3.26. The van der Waals surface area contributed by atoms with Crippen LogP contribution in [0.2, 0.25) is 0 Å². The van der Waals surface area contributed by atoms with Crippen molar-refractivity contribution in [3.8, 4) is 17.6 Å². The van der Waals surface area contributed by atoms with Crippen LogP contribution in [0, 0.1) is 18.3 Å². The number of rotatable bonds is 4. The lowest BCUT2D eigenvalue weighted by Crippen LogP contribution is -2.27. The first-order valence-corrected chi connectivity index (χ1v) is 7.35. The van der Waals surface area contributed by atoms with E-state index in [2.05, 4.69) is 0 Å². The van der Waals surface area contributed by atoms with Gasteiger partial charge < -0.3 is 15.1 Å². The average Bonchev–Trinajstić information content (AvgIpc) is 2.57. The topological polar surface area (TPSA) is 84.6 Å². The van der Waals surface area contributed by atoms with Gasteiger partial charge in [0, 0.05) is 13.6 Å². The molecule has 5 nitrogen and oxygen atoms in total. The van der Waals surface area contributed by atoms with Crippen molar-refractivity contribution in [3.05, 3.63) is 64.7 Å². The minimum absolute atomic E-state index is 0.0466. The molecule has 122 valence electrons. The van der Waals surface area contributed by atoms with E-state index in [-0.39, 0.29) is 17.1 Å². The number of likely N-dealkylation sites (N-methyl/N-ethyl adjacent to an activating group) is 1. The Morgan fingerprint density at radius 3 is 2.42 bits per heavy atom. The molecular formula is C19H18N2O3. The number of nitriles is 1. The molecule has 0 fully saturated rings. The van der Waals surface area contributed by atoms with Gasteiger partial charge in [-0.1, -0.05) is 35.9 Å². The largest absolute Gasteiger partial charge is 0.504 e. The third-order valence-corrected chi connectivity index (χ3v) is 3.55. The Kier molecular flexibility index (Phi) is 5.23. The van der Waals surface area contributed by atoms with Gasteiger partial charge in [-0.05, 0) is 36.3 Å². The molecule has 2 aromatic carbocycles. The van der Waals surface area contributed by atoms with Crippen LogP contribution in [-0.4, -0.2) is 28.1 Å². The van der Waals surface area contributed by atoms with E-state index in [0.717, 1.165) is 11.1 Å². The van der Waals surface area contributed by atoms with E-state index in [4.69, 9.17) is 0 Å². The van der Waals surface area contributed by atoms with Gasteiger partial charge in [0.1, 0.15) is 11.6 Å². The van der Waals surface area contributed by atoms with Crippen LogP contribution in [0.3, 0.4) is 0 Å². The highest BCUT2D eigenvalue weighted by Crippen LogP contribution is 2.26. The number of phenols is 2. The van der Waals surface area contributed by atoms with Gasteiger partial charge in [-0.2, -0.15) is 5.26 Å². The van der Waals surface area contributed by atoms with E-state index < -0.39 is 5.91 Å². The second-order valence-electron chi connectivity index (χ2n) is 5.56. The van der Waals surface area contributed by atoms with Crippen molar-refractivity contribution in [2.75, 3.05) is 7.05 Å². The van der Waals surface area contributed by atoms with E-state index >= 15 is 0 Å². The zero-order valence-corrected chi connectivity index (χ0v) is 13.5. The molecule has 0 aliphatic rings. The van der Waals surface area contributed by atoms with Crippen molar-refractivity contribution < 1.29 is 15.0 Å². The van der Waals surface area contributed by atoms with Crippen molar-refractivity contribution in [1.82, 2.24) is 4.90 Å². The molecule has 0 aliphatic heterocycles. The molecule has 0 aromatic heterocycles. The molecule has 0 unspecified atom stereocenters. The molecule has 24 heavy (non-hydrogen) atoms. The van der Waals surface area contributed by atoms with Gasteiger partial charge in [0.2, 0.25) is 0 Å². The van der Waals surface area contributed by atoms with Crippen LogP contribution < -0.4 is 0 Å². The normalized spacial score (nSPS) is 11.0. The lowest BCUT2D eigenvalue weighted by molar-refractivity contribution is -0.125. The quantitative estimate of drug-likeness (QED) is 0.515. The van der Waals surface area contributed by atoms with E-state index in [1.165, 1.54) is 29.2 Å². The summed E-state index contributed by atoms with van der Waals surface area (Å²) in [5.74, 6) is -0.972. The van der Waals surface area contributed by atoms with Gasteiger partial charge in [-0.3, -0.25) is 4.79 Å². The molecule has 5 heteroatoms. The highest BCUT2D eigenvalue weighted by molar-refractivity contribution is 6.01. The van der Waals surface area contributed by atoms with Gasteiger partial charge in [0.25, 0.3) is 5.91 Å². The second kappa shape index (κ2) is 7.34. The van der Waals surface area contributed by atoms with Crippen LogP contribution in [-0.2, 0) is 11.3 Å². The molecule has 2 rings (SSSR count). The third-order valence-electron chi connectivity index (χ3n) is 3.55. The van der Waals surface area contributed by atoms with Gasteiger partial charge in [-0.25, -0.2) is 0 Å². The number of aryl methyl sites for hydroxylation is 1. The zero-order chi connectivity index (χ0) is 17.7. The number of phenolic OH excluding ortho intramolecular Hbond substituents is 2. The Morgan fingerprint density at radius 1 is 1.17 bits per heavy atom. The summed E-state index contributed by atoms with van der Waals surface area (Å²) >= 11 is 0. The molecule has 0 radical (unpaired) electrons. The van der Waals surface area contributed by atoms with Crippen molar-refractivity contribution in [1.29, 1.82) is 5.26 Å². The number of carbonyl (C=O) groups excluding carboxylic acids is 1. The fraction of sp³-hybridized carbons (Fsp3) is 0.158. The van der Waals surface area contributed by atoms with E-state index in [1.807, 2.05) is 37.3 Å². The summed E-state index contributed by atoms with van der Waals surface area (Å²) in [6.45, 7) is 2.38. The smallest absolute Gasteiger partial charge is 0.264 e. The highest BCUT2D eigenvalue weighted by Gasteiger charge is 2.15. The minimum atomic E-state index is -0.411.